The van der Waals surface area contributed by atoms with Gasteiger partial charge >= 0.3 is 5.97 Å². The molecule has 0 radical (unpaired) electrons. The fraction of sp³-hybridized carbons (Fsp3) is 0.400. The van der Waals surface area contributed by atoms with Crippen LogP contribution < -0.4 is 4.74 Å². The molecule has 1 rings (SSSR count). The van der Waals surface area contributed by atoms with Gasteiger partial charge in [-0.2, -0.15) is 0 Å². The number of esters is 1. The highest BCUT2D eigenvalue weighted by Crippen LogP contribution is 2.15. The lowest BCUT2D eigenvalue weighted by atomic mass is 10.2. The first-order valence-electron chi connectivity index (χ1n) is 6.13. The summed E-state index contributed by atoms with van der Waals surface area (Å²) in [5.41, 5.74) is 0.391. The van der Waals surface area contributed by atoms with E-state index in [9.17, 15) is 4.79 Å². The highest BCUT2D eigenvalue weighted by atomic mass is 16.6. The predicted molar refractivity (Wildman–Crippen MR) is 73.9 cm³/mol. The monoisotopic (exact) mass is 264 g/mol. The fourth-order valence-corrected chi connectivity index (χ4v) is 1.41. The highest BCUT2D eigenvalue weighted by molar-refractivity contribution is 5.71. The molecule has 0 heterocycles. The van der Waals surface area contributed by atoms with Crippen molar-refractivity contribution in [2.45, 2.75) is 26.4 Å². The zero-order valence-electron chi connectivity index (χ0n) is 11.6. The van der Waals surface area contributed by atoms with Gasteiger partial charge in [-0.3, -0.25) is 0 Å². The predicted octanol–water partition coefficient (Wildman–Crippen LogP) is 2.41. The molecular weight excluding hydrogens is 244 g/mol. The number of carbonyl (C=O) groups is 1. The fourth-order valence-electron chi connectivity index (χ4n) is 1.41. The molecule has 0 aliphatic carbocycles. The van der Waals surface area contributed by atoms with Crippen LogP contribution in [0, 0.1) is 0 Å². The first-order chi connectivity index (χ1) is 8.90. The molecule has 0 amide bonds. The first-order valence-corrected chi connectivity index (χ1v) is 6.13. The molecule has 0 saturated carbocycles. The van der Waals surface area contributed by atoms with Crippen LogP contribution in [0.2, 0.25) is 0 Å². The molecule has 0 unspecified atom stereocenters. The van der Waals surface area contributed by atoms with E-state index in [1.807, 2.05) is 32.9 Å². The quantitative estimate of drug-likeness (QED) is 0.830. The first kappa shape index (κ1) is 15.2. The SMILES string of the molecule is CC(C)(C)OC(=O)COc1cccc(/C=C/CO)c1. The lowest BCUT2D eigenvalue weighted by Gasteiger charge is -2.19. The van der Waals surface area contributed by atoms with Gasteiger partial charge in [0.1, 0.15) is 11.4 Å². The van der Waals surface area contributed by atoms with Crippen LogP contribution in [0.4, 0.5) is 0 Å². The van der Waals surface area contributed by atoms with E-state index in [1.165, 1.54) is 0 Å². The van der Waals surface area contributed by atoms with E-state index >= 15 is 0 Å². The van der Waals surface area contributed by atoms with Crippen LogP contribution in [0.1, 0.15) is 26.3 Å². The molecule has 1 aromatic carbocycles. The van der Waals surface area contributed by atoms with Gasteiger partial charge in [0, 0.05) is 0 Å². The van der Waals surface area contributed by atoms with Gasteiger partial charge in [-0.1, -0.05) is 24.3 Å². The minimum Gasteiger partial charge on any atom is -0.482 e. The number of benzene rings is 1. The van der Waals surface area contributed by atoms with Crippen molar-refractivity contribution in [1.29, 1.82) is 0 Å². The lowest BCUT2D eigenvalue weighted by Crippen LogP contribution is -2.27. The topological polar surface area (TPSA) is 55.8 Å². The van der Waals surface area contributed by atoms with Crippen molar-refractivity contribution in [3.8, 4) is 5.75 Å². The molecule has 0 saturated heterocycles. The molecular formula is C15H20O4. The Morgan fingerprint density at radius 1 is 1.37 bits per heavy atom. The maximum Gasteiger partial charge on any atom is 0.344 e. The summed E-state index contributed by atoms with van der Waals surface area (Å²) in [4.78, 5) is 11.5. The third-order valence-corrected chi connectivity index (χ3v) is 2.05. The van der Waals surface area contributed by atoms with Gasteiger partial charge in [-0.15, -0.1) is 0 Å². The molecule has 104 valence electrons. The van der Waals surface area contributed by atoms with E-state index in [2.05, 4.69) is 0 Å². The highest BCUT2D eigenvalue weighted by Gasteiger charge is 2.16. The maximum absolute atomic E-state index is 11.5. The van der Waals surface area contributed by atoms with Crippen LogP contribution in [0.25, 0.3) is 6.08 Å². The van der Waals surface area contributed by atoms with Crippen LogP contribution in [0.15, 0.2) is 30.3 Å². The van der Waals surface area contributed by atoms with Gasteiger partial charge in [-0.25, -0.2) is 4.79 Å². The molecule has 0 aliphatic heterocycles. The standard InChI is InChI=1S/C15H20O4/c1-15(2,3)19-14(17)11-18-13-8-4-6-12(10-13)7-5-9-16/h4-8,10,16H,9,11H2,1-3H3/b7-5+. The van der Waals surface area contributed by atoms with Gasteiger partial charge in [0.2, 0.25) is 0 Å². The Morgan fingerprint density at radius 2 is 2.11 bits per heavy atom. The summed E-state index contributed by atoms with van der Waals surface area (Å²) in [5, 5.41) is 8.70. The summed E-state index contributed by atoms with van der Waals surface area (Å²) in [6, 6.07) is 7.26. The summed E-state index contributed by atoms with van der Waals surface area (Å²) in [5.74, 6) is 0.190. The number of hydrogen-bond acceptors (Lipinski definition) is 4. The zero-order valence-corrected chi connectivity index (χ0v) is 11.6. The second-order valence-electron chi connectivity index (χ2n) is 5.03. The molecule has 0 spiro atoms. The van der Waals surface area contributed by atoms with Crippen LogP contribution >= 0.6 is 0 Å². The lowest BCUT2D eigenvalue weighted by molar-refractivity contribution is -0.157. The largest absolute Gasteiger partial charge is 0.482 e. The number of aliphatic hydroxyl groups is 1. The van der Waals surface area contributed by atoms with Crippen molar-refractivity contribution >= 4 is 12.0 Å². The Bertz CT molecular complexity index is 444. The van der Waals surface area contributed by atoms with E-state index in [0.29, 0.717) is 5.75 Å². The minimum absolute atomic E-state index is 0.0109. The van der Waals surface area contributed by atoms with Crippen molar-refractivity contribution in [3.63, 3.8) is 0 Å². The van der Waals surface area contributed by atoms with Crippen LogP contribution in [0.3, 0.4) is 0 Å². The summed E-state index contributed by atoms with van der Waals surface area (Å²) < 4.78 is 10.5. The van der Waals surface area contributed by atoms with Crippen molar-refractivity contribution in [2.24, 2.45) is 0 Å². The normalized spacial score (nSPS) is 11.6. The number of rotatable bonds is 5. The Kier molecular flexibility index (Phi) is 5.57. The molecule has 0 fully saturated rings. The van der Waals surface area contributed by atoms with Gasteiger partial charge in [0.05, 0.1) is 6.61 Å². The van der Waals surface area contributed by atoms with Crippen molar-refractivity contribution in [3.05, 3.63) is 35.9 Å². The smallest absolute Gasteiger partial charge is 0.344 e. The van der Waals surface area contributed by atoms with Crippen LogP contribution in [-0.2, 0) is 9.53 Å². The van der Waals surface area contributed by atoms with Gasteiger partial charge in [0.15, 0.2) is 6.61 Å². The molecule has 1 aromatic rings. The molecule has 4 nitrogen and oxygen atoms in total. The molecule has 0 aliphatic rings. The summed E-state index contributed by atoms with van der Waals surface area (Å²) in [6.45, 7) is 5.30. The Balaban J connectivity index is 2.54. The second-order valence-corrected chi connectivity index (χ2v) is 5.03. The average molecular weight is 264 g/mol. The van der Waals surface area contributed by atoms with Crippen LogP contribution in [-0.4, -0.2) is 29.9 Å². The zero-order chi connectivity index (χ0) is 14.3. The summed E-state index contributed by atoms with van der Waals surface area (Å²) in [7, 11) is 0. The maximum atomic E-state index is 11.5. The van der Waals surface area contributed by atoms with Crippen molar-refractivity contribution < 1.29 is 19.4 Å². The molecule has 19 heavy (non-hydrogen) atoms. The minimum atomic E-state index is -0.508. The number of aliphatic hydroxyl groups excluding tert-OH is 1. The molecule has 1 N–H and O–H groups in total. The molecule has 0 aromatic heterocycles. The Morgan fingerprint density at radius 3 is 2.74 bits per heavy atom. The summed E-state index contributed by atoms with van der Waals surface area (Å²) in [6.07, 6.45) is 3.41. The van der Waals surface area contributed by atoms with E-state index in [1.54, 1.807) is 24.3 Å². The number of carbonyl (C=O) groups excluding carboxylic acids is 1. The van der Waals surface area contributed by atoms with Crippen molar-refractivity contribution in [1.82, 2.24) is 0 Å². The van der Waals surface area contributed by atoms with Crippen molar-refractivity contribution in [2.75, 3.05) is 13.2 Å². The van der Waals surface area contributed by atoms with E-state index < -0.39 is 11.6 Å². The summed E-state index contributed by atoms with van der Waals surface area (Å²) >= 11 is 0. The second kappa shape index (κ2) is 6.95. The van der Waals surface area contributed by atoms with E-state index in [0.717, 1.165) is 5.56 Å². The van der Waals surface area contributed by atoms with Crippen LogP contribution in [0.5, 0.6) is 5.75 Å². The number of hydrogen-bond donors (Lipinski definition) is 1. The van der Waals surface area contributed by atoms with Gasteiger partial charge in [0.25, 0.3) is 0 Å². The van der Waals surface area contributed by atoms with E-state index in [-0.39, 0.29) is 13.2 Å². The Labute approximate surface area is 113 Å². The molecule has 0 atom stereocenters. The Hall–Kier alpha value is -1.81. The van der Waals surface area contributed by atoms with Gasteiger partial charge in [-0.05, 0) is 38.5 Å². The van der Waals surface area contributed by atoms with Gasteiger partial charge < -0.3 is 14.6 Å². The molecule has 4 heteroatoms. The van der Waals surface area contributed by atoms with E-state index in [4.69, 9.17) is 14.6 Å². The molecule has 0 bridgehead atoms. The average Bonchev–Trinajstić information content (AvgIpc) is 2.32. The third-order valence-electron chi connectivity index (χ3n) is 2.05. The number of ether oxygens (including phenoxy) is 2. The third kappa shape index (κ3) is 6.62.